The summed E-state index contributed by atoms with van der Waals surface area (Å²) in [5, 5.41) is 5.85. The first-order chi connectivity index (χ1) is 9.85. The minimum absolute atomic E-state index is 0.907. The summed E-state index contributed by atoms with van der Waals surface area (Å²) in [5.74, 6) is 1.16. The number of rotatable bonds is 8. The van der Waals surface area contributed by atoms with Gasteiger partial charge in [-0.3, -0.25) is 0 Å². The predicted octanol–water partition coefficient (Wildman–Crippen LogP) is 4.63. The number of pyridine rings is 1. The van der Waals surface area contributed by atoms with Crippen molar-refractivity contribution in [1.29, 1.82) is 0 Å². The molecule has 0 saturated heterocycles. The van der Waals surface area contributed by atoms with E-state index in [1.165, 1.54) is 35.2 Å². The number of thioether (sulfide) groups is 1. The minimum atomic E-state index is 0.907. The largest absolute Gasteiger partial charge is 0.313 e. The fraction of sp³-hybridized carbons (Fsp3) is 0.471. The molecule has 2 nitrogen and oxygen atoms in total. The summed E-state index contributed by atoms with van der Waals surface area (Å²) in [6.07, 6.45) is 3.86. The van der Waals surface area contributed by atoms with E-state index in [9.17, 15) is 0 Å². The minimum Gasteiger partial charge on any atom is -0.313 e. The van der Waals surface area contributed by atoms with Crippen LogP contribution in [0.25, 0.3) is 10.9 Å². The fourth-order valence-electron chi connectivity index (χ4n) is 2.17. The van der Waals surface area contributed by atoms with E-state index in [1.54, 1.807) is 0 Å². The van der Waals surface area contributed by atoms with Crippen LogP contribution in [-0.2, 0) is 6.54 Å². The molecule has 1 aromatic carbocycles. The van der Waals surface area contributed by atoms with Gasteiger partial charge in [-0.25, -0.2) is 4.98 Å². The third-order valence-corrected chi connectivity index (χ3v) is 4.44. The first kappa shape index (κ1) is 15.3. The molecule has 0 radical (unpaired) electrons. The van der Waals surface area contributed by atoms with Crippen molar-refractivity contribution in [2.45, 2.75) is 44.7 Å². The number of nitrogens with zero attached hydrogens (tertiary/aromatic N) is 1. The van der Waals surface area contributed by atoms with Crippen LogP contribution in [0.4, 0.5) is 0 Å². The second kappa shape index (κ2) is 8.28. The first-order valence-corrected chi connectivity index (χ1v) is 8.56. The summed E-state index contributed by atoms with van der Waals surface area (Å²) in [6, 6.07) is 10.7. The maximum absolute atomic E-state index is 4.85. The van der Waals surface area contributed by atoms with Crippen LogP contribution in [0.1, 0.15) is 38.7 Å². The molecule has 108 valence electrons. The lowest BCUT2D eigenvalue weighted by Gasteiger charge is -2.10. The van der Waals surface area contributed by atoms with Crippen molar-refractivity contribution in [3.05, 3.63) is 35.9 Å². The number of fused-ring (bicyclic) bond motifs is 1. The molecule has 0 aliphatic rings. The molecular formula is C17H24N2S. The summed E-state index contributed by atoms with van der Waals surface area (Å²) >= 11 is 1.90. The first-order valence-electron chi connectivity index (χ1n) is 7.57. The van der Waals surface area contributed by atoms with Crippen LogP contribution in [0, 0.1) is 0 Å². The average molecular weight is 288 g/mol. The van der Waals surface area contributed by atoms with E-state index in [-0.39, 0.29) is 0 Å². The number of unbranched alkanes of at least 4 members (excludes halogenated alkanes) is 2. The zero-order valence-electron chi connectivity index (χ0n) is 12.5. The third kappa shape index (κ3) is 4.22. The SMILES string of the molecule is CCCCCSc1nc2ccccc2cc1CNCC. The molecule has 0 aliphatic heterocycles. The monoisotopic (exact) mass is 288 g/mol. The van der Waals surface area contributed by atoms with E-state index in [1.807, 2.05) is 11.8 Å². The number of aromatic nitrogens is 1. The Bertz CT molecular complexity index is 540. The van der Waals surface area contributed by atoms with Gasteiger partial charge in [0, 0.05) is 11.9 Å². The molecule has 0 amide bonds. The van der Waals surface area contributed by atoms with Crippen molar-refractivity contribution >= 4 is 22.7 Å². The Morgan fingerprint density at radius 1 is 1.15 bits per heavy atom. The van der Waals surface area contributed by atoms with Gasteiger partial charge in [0.1, 0.15) is 5.03 Å². The molecule has 0 fully saturated rings. The predicted molar refractivity (Wildman–Crippen MR) is 89.4 cm³/mol. The highest BCUT2D eigenvalue weighted by Crippen LogP contribution is 2.26. The van der Waals surface area contributed by atoms with Crippen LogP contribution in [0.5, 0.6) is 0 Å². The van der Waals surface area contributed by atoms with Gasteiger partial charge >= 0.3 is 0 Å². The lowest BCUT2D eigenvalue weighted by molar-refractivity contribution is 0.713. The Balaban J connectivity index is 2.18. The highest BCUT2D eigenvalue weighted by atomic mass is 32.2. The highest BCUT2D eigenvalue weighted by Gasteiger charge is 2.07. The maximum Gasteiger partial charge on any atom is 0.101 e. The van der Waals surface area contributed by atoms with Crippen molar-refractivity contribution < 1.29 is 0 Å². The van der Waals surface area contributed by atoms with Crippen molar-refractivity contribution in [3.63, 3.8) is 0 Å². The van der Waals surface area contributed by atoms with Crippen molar-refractivity contribution in [2.24, 2.45) is 0 Å². The van der Waals surface area contributed by atoms with Crippen molar-refractivity contribution in [1.82, 2.24) is 10.3 Å². The Labute approximate surface area is 126 Å². The van der Waals surface area contributed by atoms with Crippen LogP contribution in [-0.4, -0.2) is 17.3 Å². The fourth-order valence-corrected chi connectivity index (χ4v) is 3.20. The van der Waals surface area contributed by atoms with E-state index >= 15 is 0 Å². The second-order valence-corrected chi connectivity index (χ2v) is 6.06. The van der Waals surface area contributed by atoms with Crippen LogP contribution < -0.4 is 5.32 Å². The molecule has 0 unspecified atom stereocenters. The average Bonchev–Trinajstić information content (AvgIpc) is 2.49. The number of nitrogens with one attached hydrogen (secondary N) is 1. The molecule has 0 atom stereocenters. The van der Waals surface area contributed by atoms with E-state index in [2.05, 4.69) is 49.5 Å². The highest BCUT2D eigenvalue weighted by molar-refractivity contribution is 7.99. The number of benzene rings is 1. The zero-order valence-corrected chi connectivity index (χ0v) is 13.3. The molecule has 3 heteroatoms. The normalized spacial score (nSPS) is 11.1. The van der Waals surface area contributed by atoms with Gasteiger partial charge in [-0.2, -0.15) is 0 Å². The smallest absolute Gasteiger partial charge is 0.101 e. The lowest BCUT2D eigenvalue weighted by atomic mass is 10.1. The summed E-state index contributed by atoms with van der Waals surface area (Å²) in [5.41, 5.74) is 2.43. The lowest BCUT2D eigenvalue weighted by Crippen LogP contribution is -2.13. The summed E-state index contributed by atoms with van der Waals surface area (Å²) in [4.78, 5) is 4.85. The molecule has 1 heterocycles. The topological polar surface area (TPSA) is 24.9 Å². The maximum atomic E-state index is 4.85. The molecule has 20 heavy (non-hydrogen) atoms. The molecular weight excluding hydrogens is 264 g/mol. The molecule has 0 spiro atoms. The molecule has 2 rings (SSSR count). The molecule has 1 N–H and O–H groups in total. The molecule has 0 bridgehead atoms. The van der Waals surface area contributed by atoms with Gasteiger partial charge in [0.15, 0.2) is 0 Å². The number of para-hydroxylation sites is 1. The third-order valence-electron chi connectivity index (χ3n) is 3.32. The summed E-state index contributed by atoms with van der Waals surface area (Å²) in [6.45, 7) is 6.29. The quantitative estimate of drug-likeness (QED) is 0.566. The Morgan fingerprint density at radius 2 is 2.00 bits per heavy atom. The van der Waals surface area contributed by atoms with E-state index in [0.29, 0.717) is 0 Å². The molecule has 0 aliphatic carbocycles. The van der Waals surface area contributed by atoms with Crippen molar-refractivity contribution in [2.75, 3.05) is 12.3 Å². The summed E-state index contributed by atoms with van der Waals surface area (Å²) in [7, 11) is 0. The van der Waals surface area contributed by atoms with Gasteiger partial charge in [0.2, 0.25) is 0 Å². The zero-order chi connectivity index (χ0) is 14.2. The second-order valence-electron chi connectivity index (χ2n) is 4.98. The van der Waals surface area contributed by atoms with E-state index in [0.717, 1.165) is 24.4 Å². The van der Waals surface area contributed by atoms with E-state index in [4.69, 9.17) is 4.98 Å². The van der Waals surface area contributed by atoms with Crippen molar-refractivity contribution in [3.8, 4) is 0 Å². The van der Waals surface area contributed by atoms with Crippen LogP contribution >= 0.6 is 11.8 Å². The number of hydrogen-bond acceptors (Lipinski definition) is 3. The molecule has 0 saturated carbocycles. The van der Waals surface area contributed by atoms with E-state index < -0.39 is 0 Å². The van der Waals surface area contributed by atoms with Gasteiger partial charge in [-0.05, 0) is 36.4 Å². The van der Waals surface area contributed by atoms with Crippen LogP contribution in [0.3, 0.4) is 0 Å². The molecule has 2 aromatic rings. The number of hydrogen-bond donors (Lipinski definition) is 1. The van der Waals surface area contributed by atoms with Gasteiger partial charge in [-0.15, -0.1) is 11.8 Å². The Hall–Kier alpha value is -1.06. The standard InChI is InChI=1S/C17H24N2S/c1-3-5-8-11-20-17-15(13-18-4-2)12-14-9-6-7-10-16(14)19-17/h6-7,9-10,12,18H,3-5,8,11,13H2,1-2H3. The van der Waals surface area contributed by atoms with Crippen LogP contribution in [0.2, 0.25) is 0 Å². The Morgan fingerprint density at radius 3 is 2.80 bits per heavy atom. The van der Waals surface area contributed by atoms with Gasteiger partial charge < -0.3 is 5.32 Å². The molecule has 1 aromatic heterocycles. The van der Waals surface area contributed by atoms with Gasteiger partial charge in [0.05, 0.1) is 5.52 Å². The summed E-state index contributed by atoms with van der Waals surface area (Å²) < 4.78 is 0. The van der Waals surface area contributed by atoms with Gasteiger partial charge in [-0.1, -0.05) is 44.9 Å². The van der Waals surface area contributed by atoms with Gasteiger partial charge in [0.25, 0.3) is 0 Å². The van der Waals surface area contributed by atoms with Crippen LogP contribution in [0.15, 0.2) is 35.4 Å². The Kier molecular flexibility index (Phi) is 6.34.